The van der Waals surface area contributed by atoms with E-state index in [2.05, 4.69) is 12.2 Å². The number of hydrogen-bond acceptors (Lipinski definition) is 3. The van der Waals surface area contributed by atoms with Crippen molar-refractivity contribution in [2.75, 3.05) is 32.1 Å². The van der Waals surface area contributed by atoms with Gasteiger partial charge >= 0.3 is 0 Å². The molecule has 0 aliphatic carbocycles. The van der Waals surface area contributed by atoms with E-state index in [1.54, 1.807) is 0 Å². The van der Waals surface area contributed by atoms with Crippen LogP contribution in [-0.4, -0.2) is 38.3 Å². The normalized spacial score (nSPS) is 12.0. The third-order valence-electron chi connectivity index (χ3n) is 3.31. The quantitative estimate of drug-likeness (QED) is 0.791. The molecule has 1 unspecified atom stereocenters. The lowest BCUT2D eigenvalue weighted by Crippen LogP contribution is -2.29. The molecule has 4 heteroatoms. The minimum Gasteiger partial charge on any atom is -0.396 e. The number of nitrogens with zero attached hydrogens (tertiary/aromatic N) is 1. The molecule has 19 heavy (non-hydrogen) atoms. The van der Waals surface area contributed by atoms with Crippen LogP contribution in [0.15, 0.2) is 24.3 Å². The van der Waals surface area contributed by atoms with Gasteiger partial charge in [0.2, 0.25) is 0 Å². The van der Waals surface area contributed by atoms with Gasteiger partial charge in [-0.3, -0.25) is 4.79 Å². The molecule has 0 spiro atoms. The van der Waals surface area contributed by atoms with E-state index in [0.717, 1.165) is 18.5 Å². The second kappa shape index (κ2) is 7.79. The highest BCUT2D eigenvalue weighted by Gasteiger charge is 2.09. The molecule has 0 aliphatic rings. The molecule has 2 N–H and O–H groups in total. The van der Waals surface area contributed by atoms with Crippen molar-refractivity contribution in [1.29, 1.82) is 0 Å². The van der Waals surface area contributed by atoms with Crippen molar-refractivity contribution >= 4 is 11.6 Å². The minimum absolute atomic E-state index is 0.0540. The lowest BCUT2D eigenvalue weighted by Gasteiger charge is -2.15. The van der Waals surface area contributed by atoms with E-state index in [1.807, 2.05) is 43.3 Å². The summed E-state index contributed by atoms with van der Waals surface area (Å²) in [5.41, 5.74) is 1.74. The average Bonchev–Trinajstić information content (AvgIpc) is 2.43. The van der Waals surface area contributed by atoms with E-state index in [1.165, 1.54) is 0 Å². The monoisotopic (exact) mass is 264 g/mol. The van der Waals surface area contributed by atoms with E-state index in [4.69, 9.17) is 5.11 Å². The van der Waals surface area contributed by atoms with Gasteiger partial charge < -0.3 is 15.3 Å². The van der Waals surface area contributed by atoms with Crippen LogP contribution in [0.1, 0.15) is 30.1 Å². The summed E-state index contributed by atoms with van der Waals surface area (Å²) in [6.45, 7) is 2.86. The SMILES string of the molecule is CCC(CCO)CNC(=O)c1ccc(N(C)C)cc1. The molecule has 0 bridgehead atoms. The molecule has 1 rings (SSSR count). The second-order valence-electron chi connectivity index (χ2n) is 4.94. The third-order valence-corrected chi connectivity index (χ3v) is 3.31. The van der Waals surface area contributed by atoms with E-state index < -0.39 is 0 Å². The van der Waals surface area contributed by atoms with E-state index >= 15 is 0 Å². The smallest absolute Gasteiger partial charge is 0.251 e. The minimum atomic E-state index is -0.0540. The predicted octanol–water partition coefficient (Wildman–Crippen LogP) is 1.89. The Hall–Kier alpha value is -1.55. The Morgan fingerprint density at radius 2 is 1.95 bits per heavy atom. The van der Waals surface area contributed by atoms with Crippen molar-refractivity contribution in [3.8, 4) is 0 Å². The summed E-state index contributed by atoms with van der Waals surface area (Å²) in [4.78, 5) is 14.0. The summed E-state index contributed by atoms with van der Waals surface area (Å²) in [6, 6.07) is 7.52. The molecule has 1 aromatic rings. The summed E-state index contributed by atoms with van der Waals surface area (Å²) < 4.78 is 0. The van der Waals surface area contributed by atoms with Crippen molar-refractivity contribution < 1.29 is 9.90 Å². The van der Waals surface area contributed by atoms with Gasteiger partial charge in [0.1, 0.15) is 0 Å². The largest absolute Gasteiger partial charge is 0.396 e. The van der Waals surface area contributed by atoms with Gasteiger partial charge in [0, 0.05) is 38.5 Å². The first-order valence-electron chi connectivity index (χ1n) is 6.75. The van der Waals surface area contributed by atoms with Gasteiger partial charge in [-0.15, -0.1) is 0 Å². The van der Waals surface area contributed by atoms with Gasteiger partial charge in [-0.05, 0) is 36.6 Å². The summed E-state index contributed by atoms with van der Waals surface area (Å²) in [5, 5.41) is 11.8. The van der Waals surface area contributed by atoms with Crippen LogP contribution in [0.4, 0.5) is 5.69 Å². The van der Waals surface area contributed by atoms with Crippen molar-refractivity contribution in [2.45, 2.75) is 19.8 Å². The lowest BCUT2D eigenvalue weighted by molar-refractivity contribution is 0.0943. The zero-order valence-corrected chi connectivity index (χ0v) is 12.0. The van der Waals surface area contributed by atoms with Crippen LogP contribution in [0, 0.1) is 5.92 Å². The number of hydrogen-bond donors (Lipinski definition) is 2. The summed E-state index contributed by atoms with van der Waals surface area (Å²) >= 11 is 0. The number of benzene rings is 1. The molecular weight excluding hydrogens is 240 g/mol. The van der Waals surface area contributed by atoms with Gasteiger partial charge in [0.15, 0.2) is 0 Å². The summed E-state index contributed by atoms with van der Waals surface area (Å²) in [7, 11) is 3.94. The molecule has 0 saturated heterocycles. The molecule has 1 atom stereocenters. The Labute approximate surface area is 115 Å². The zero-order valence-electron chi connectivity index (χ0n) is 12.0. The Morgan fingerprint density at radius 3 is 2.42 bits per heavy atom. The molecule has 0 heterocycles. The van der Waals surface area contributed by atoms with Gasteiger partial charge in [-0.2, -0.15) is 0 Å². The van der Waals surface area contributed by atoms with Crippen molar-refractivity contribution in [3.63, 3.8) is 0 Å². The van der Waals surface area contributed by atoms with Gasteiger partial charge in [-0.1, -0.05) is 13.3 Å². The lowest BCUT2D eigenvalue weighted by atomic mass is 10.0. The number of carbonyl (C=O) groups excluding carboxylic acids is 1. The number of rotatable bonds is 7. The number of anilines is 1. The Bertz CT molecular complexity index is 388. The summed E-state index contributed by atoms with van der Waals surface area (Å²) in [5.74, 6) is 0.289. The average molecular weight is 264 g/mol. The van der Waals surface area contributed by atoms with Crippen LogP contribution in [0.3, 0.4) is 0 Å². The topological polar surface area (TPSA) is 52.6 Å². The maximum absolute atomic E-state index is 12.0. The molecule has 1 amide bonds. The molecular formula is C15H24N2O2. The van der Waals surface area contributed by atoms with Crippen molar-refractivity contribution in [2.24, 2.45) is 5.92 Å². The first-order valence-corrected chi connectivity index (χ1v) is 6.75. The van der Waals surface area contributed by atoms with Crippen molar-refractivity contribution in [1.82, 2.24) is 5.32 Å². The second-order valence-corrected chi connectivity index (χ2v) is 4.94. The molecule has 0 saturated carbocycles. The molecule has 106 valence electrons. The molecule has 4 nitrogen and oxygen atoms in total. The summed E-state index contributed by atoms with van der Waals surface area (Å²) in [6.07, 6.45) is 1.69. The highest BCUT2D eigenvalue weighted by molar-refractivity contribution is 5.94. The standard InChI is InChI=1S/C15H24N2O2/c1-4-12(9-10-18)11-16-15(19)13-5-7-14(8-6-13)17(2)3/h5-8,12,18H,4,9-11H2,1-3H3,(H,16,19). The predicted molar refractivity (Wildman–Crippen MR) is 78.6 cm³/mol. The van der Waals surface area contributed by atoms with Crippen LogP contribution >= 0.6 is 0 Å². The van der Waals surface area contributed by atoms with Gasteiger partial charge in [0.05, 0.1) is 0 Å². The number of aliphatic hydroxyl groups excluding tert-OH is 1. The fourth-order valence-corrected chi connectivity index (χ4v) is 1.88. The van der Waals surface area contributed by atoms with Gasteiger partial charge in [-0.25, -0.2) is 0 Å². The molecule has 0 fully saturated rings. The first kappa shape index (κ1) is 15.5. The Morgan fingerprint density at radius 1 is 1.32 bits per heavy atom. The van der Waals surface area contributed by atoms with Crippen LogP contribution in [-0.2, 0) is 0 Å². The number of amides is 1. The molecule has 1 aromatic carbocycles. The van der Waals surface area contributed by atoms with Crippen LogP contribution < -0.4 is 10.2 Å². The van der Waals surface area contributed by atoms with E-state index in [-0.39, 0.29) is 12.5 Å². The van der Waals surface area contributed by atoms with Crippen molar-refractivity contribution in [3.05, 3.63) is 29.8 Å². The van der Waals surface area contributed by atoms with Gasteiger partial charge in [0.25, 0.3) is 5.91 Å². The van der Waals surface area contributed by atoms with Crippen LogP contribution in [0.25, 0.3) is 0 Å². The number of carbonyl (C=O) groups is 1. The maximum Gasteiger partial charge on any atom is 0.251 e. The molecule has 0 aliphatic heterocycles. The fraction of sp³-hybridized carbons (Fsp3) is 0.533. The highest BCUT2D eigenvalue weighted by Crippen LogP contribution is 2.12. The Balaban J connectivity index is 2.53. The zero-order chi connectivity index (χ0) is 14.3. The first-order chi connectivity index (χ1) is 9.08. The van der Waals surface area contributed by atoms with E-state index in [0.29, 0.717) is 18.0 Å². The number of nitrogens with one attached hydrogen (secondary N) is 1. The van der Waals surface area contributed by atoms with Crippen LogP contribution in [0.2, 0.25) is 0 Å². The van der Waals surface area contributed by atoms with E-state index in [9.17, 15) is 4.79 Å². The molecule has 0 radical (unpaired) electrons. The Kier molecular flexibility index (Phi) is 6.36. The number of aliphatic hydroxyl groups is 1. The fourth-order valence-electron chi connectivity index (χ4n) is 1.88. The molecule has 0 aromatic heterocycles. The third kappa shape index (κ3) is 4.91. The van der Waals surface area contributed by atoms with Crippen LogP contribution in [0.5, 0.6) is 0 Å². The maximum atomic E-state index is 12.0. The highest BCUT2D eigenvalue weighted by atomic mass is 16.3.